The summed E-state index contributed by atoms with van der Waals surface area (Å²) in [5.41, 5.74) is 0. The Morgan fingerprint density at radius 3 is 1.31 bits per heavy atom. The molecular weight excluding hydrogens is 344 g/mol. The summed E-state index contributed by atoms with van der Waals surface area (Å²) in [6.07, 6.45) is 25.0. The van der Waals surface area contributed by atoms with Gasteiger partial charge in [-0.25, -0.2) is 0 Å². The van der Waals surface area contributed by atoms with Crippen molar-refractivity contribution >= 4 is 17.6 Å². The Kier molecular flexibility index (Phi) is 22.6. The van der Waals surface area contributed by atoms with Gasteiger partial charge in [0.1, 0.15) is 0 Å². The number of esters is 1. The first-order valence-electron chi connectivity index (χ1n) is 11.5. The van der Waals surface area contributed by atoms with Crippen LogP contribution in [0.2, 0.25) is 0 Å². The van der Waals surface area contributed by atoms with E-state index < -0.39 is 0 Å². The van der Waals surface area contributed by atoms with Crippen LogP contribution in [0.15, 0.2) is 0 Å². The minimum Gasteiger partial charge on any atom is -0.466 e. The normalized spacial score (nSPS) is 11.0. The lowest BCUT2D eigenvalue weighted by Crippen LogP contribution is -2.06. The first kappa shape index (κ1) is 25.8. The van der Waals surface area contributed by atoms with Gasteiger partial charge < -0.3 is 4.74 Å². The van der Waals surface area contributed by atoms with E-state index in [1.165, 1.54) is 109 Å². The van der Waals surface area contributed by atoms with E-state index in [2.05, 4.69) is 6.92 Å². The highest BCUT2D eigenvalue weighted by atomic mass is 35.5. The molecule has 0 atom stereocenters. The number of hydrogen-bond donors (Lipinski definition) is 0. The van der Waals surface area contributed by atoms with Crippen LogP contribution >= 0.6 is 11.6 Å². The molecule has 0 heterocycles. The molecule has 0 aromatic carbocycles. The molecule has 0 rings (SSSR count). The number of ether oxygens (including phenoxy) is 1. The summed E-state index contributed by atoms with van der Waals surface area (Å²) in [5.74, 6) is 0.199. The van der Waals surface area contributed by atoms with Crippen LogP contribution in [-0.2, 0) is 9.53 Å². The molecule has 0 saturated carbocycles. The Labute approximate surface area is 168 Å². The largest absolute Gasteiger partial charge is 0.466 e. The van der Waals surface area contributed by atoms with E-state index in [4.69, 9.17) is 16.3 Å². The lowest BCUT2D eigenvalue weighted by molar-refractivity contribution is -0.143. The number of unbranched alkanes of at least 4 members (excludes halogenated alkanes) is 17. The van der Waals surface area contributed by atoms with E-state index in [0.29, 0.717) is 18.9 Å². The van der Waals surface area contributed by atoms with Crippen molar-refractivity contribution in [2.24, 2.45) is 0 Å². The van der Waals surface area contributed by atoms with Crippen molar-refractivity contribution in [1.29, 1.82) is 0 Å². The average Bonchev–Trinajstić information content (AvgIpc) is 2.64. The molecule has 0 amide bonds. The van der Waals surface area contributed by atoms with Gasteiger partial charge >= 0.3 is 5.97 Å². The maximum absolute atomic E-state index is 11.1. The van der Waals surface area contributed by atoms with Crippen molar-refractivity contribution in [3.8, 4) is 0 Å². The maximum atomic E-state index is 11.1. The molecule has 0 saturated heterocycles. The van der Waals surface area contributed by atoms with Gasteiger partial charge in [0.2, 0.25) is 0 Å². The molecular formula is C23H45ClO2. The van der Waals surface area contributed by atoms with Gasteiger partial charge in [-0.15, -0.1) is 11.6 Å². The molecule has 0 aliphatic heterocycles. The van der Waals surface area contributed by atoms with E-state index in [1.807, 2.05) is 0 Å². The molecule has 0 fully saturated rings. The van der Waals surface area contributed by atoms with Gasteiger partial charge in [-0.05, 0) is 6.42 Å². The molecule has 0 N–H and O–H groups in total. The Morgan fingerprint density at radius 2 is 0.962 bits per heavy atom. The Balaban J connectivity index is 3.02. The van der Waals surface area contributed by atoms with Crippen molar-refractivity contribution in [2.45, 2.75) is 129 Å². The second kappa shape index (κ2) is 22.8. The van der Waals surface area contributed by atoms with Crippen LogP contribution in [0.1, 0.15) is 129 Å². The van der Waals surface area contributed by atoms with E-state index in [0.717, 1.165) is 6.42 Å². The predicted octanol–water partition coefficient (Wildman–Crippen LogP) is 8.20. The van der Waals surface area contributed by atoms with Crippen LogP contribution in [0.25, 0.3) is 0 Å². The minimum atomic E-state index is -0.160. The number of hydrogen-bond acceptors (Lipinski definition) is 2. The predicted molar refractivity (Wildman–Crippen MR) is 115 cm³/mol. The fourth-order valence-electron chi connectivity index (χ4n) is 3.34. The maximum Gasteiger partial charge on any atom is 0.306 e. The highest BCUT2D eigenvalue weighted by molar-refractivity contribution is 6.18. The first-order valence-corrected chi connectivity index (χ1v) is 12.1. The second-order valence-corrected chi connectivity index (χ2v) is 8.05. The lowest BCUT2D eigenvalue weighted by Gasteiger charge is -2.04. The zero-order valence-electron chi connectivity index (χ0n) is 17.5. The van der Waals surface area contributed by atoms with Gasteiger partial charge in [0.25, 0.3) is 0 Å². The summed E-state index contributed by atoms with van der Waals surface area (Å²) >= 11 is 5.49. The molecule has 3 heteroatoms. The van der Waals surface area contributed by atoms with Crippen molar-refractivity contribution in [3.05, 3.63) is 0 Å². The van der Waals surface area contributed by atoms with Gasteiger partial charge in [0.15, 0.2) is 0 Å². The summed E-state index contributed by atoms with van der Waals surface area (Å²) in [4.78, 5) is 11.1. The molecule has 0 aliphatic rings. The quantitative estimate of drug-likeness (QED) is 0.112. The Morgan fingerprint density at radius 1 is 0.615 bits per heavy atom. The number of halogens is 1. The molecule has 0 bridgehead atoms. The molecule has 0 aromatic heterocycles. The zero-order valence-corrected chi connectivity index (χ0v) is 18.3. The van der Waals surface area contributed by atoms with Crippen LogP contribution < -0.4 is 0 Å². The smallest absolute Gasteiger partial charge is 0.306 e. The van der Waals surface area contributed by atoms with E-state index in [9.17, 15) is 4.79 Å². The SMILES string of the molecule is CCCCCCCCCCCCCCCCCCCCOC(=O)CCCl. The topological polar surface area (TPSA) is 26.3 Å². The van der Waals surface area contributed by atoms with Crippen LogP contribution in [0.4, 0.5) is 0 Å². The molecule has 0 spiro atoms. The fraction of sp³-hybridized carbons (Fsp3) is 0.957. The van der Waals surface area contributed by atoms with Crippen LogP contribution in [0, 0.1) is 0 Å². The van der Waals surface area contributed by atoms with Gasteiger partial charge in [-0.3, -0.25) is 4.79 Å². The second-order valence-electron chi connectivity index (χ2n) is 7.67. The van der Waals surface area contributed by atoms with Crippen molar-refractivity contribution in [1.82, 2.24) is 0 Å². The van der Waals surface area contributed by atoms with Gasteiger partial charge in [-0.2, -0.15) is 0 Å². The first-order chi connectivity index (χ1) is 12.8. The highest BCUT2D eigenvalue weighted by Gasteiger charge is 2.00. The molecule has 0 aromatic rings. The molecule has 26 heavy (non-hydrogen) atoms. The lowest BCUT2D eigenvalue weighted by atomic mass is 10.0. The summed E-state index contributed by atoms with van der Waals surface area (Å²) in [6, 6.07) is 0. The van der Waals surface area contributed by atoms with Crippen molar-refractivity contribution in [3.63, 3.8) is 0 Å². The molecule has 0 radical (unpaired) electrons. The Bertz CT molecular complexity index is 281. The Hall–Kier alpha value is -0.240. The number of carbonyl (C=O) groups is 1. The van der Waals surface area contributed by atoms with Gasteiger partial charge in [-0.1, -0.05) is 116 Å². The standard InChI is InChI=1S/C23H45ClO2/c1-2-3-4-5-6-7-8-9-10-11-12-13-14-15-16-17-18-19-22-26-23(25)20-21-24/h2-22H2,1H3. The number of carbonyl (C=O) groups excluding carboxylic acids is 1. The minimum absolute atomic E-state index is 0.160. The van der Waals surface area contributed by atoms with E-state index in [1.54, 1.807) is 0 Å². The van der Waals surface area contributed by atoms with Gasteiger partial charge in [0.05, 0.1) is 13.0 Å². The number of alkyl halides is 1. The third-order valence-corrected chi connectivity index (χ3v) is 5.25. The van der Waals surface area contributed by atoms with Gasteiger partial charge in [0, 0.05) is 5.88 Å². The monoisotopic (exact) mass is 388 g/mol. The summed E-state index contributed by atoms with van der Waals surface area (Å²) in [7, 11) is 0. The van der Waals surface area contributed by atoms with Crippen LogP contribution in [0.5, 0.6) is 0 Å². The third-order valence-electron chi connectivity index (χ3n) is 5.06. The fourth-order valence-corrected chi connectivity index (χ4v) is 3.49. The molecule has 156 valence electrons. The molecule has 0 unspecified atom stereocenters. The molecule has 0 aliphatic carbocycles. The van der Waals surface area contributed by atoms with Crippen LogP contribution in [0.3, 0.4) is 0 Å². The summed E-state index contributed by atoms with van der Waals surface area (Å²) < 4.78 is 5.09. The van der Waals surface area contributed by atoms with E-state index >= 15 is 0 Å². The third kappa shape index (κ3) is 21.8. The highest BCUT2D eigenvalue weighted by Crippen LogP contribution is 2.14. The van der Waals surface area contributed by atoms with E-state index in [-0.39, 0.29) is 5.97 Å². The summed E-state index contributed by atoms with van der Waals surface area (Å²) in [5, 5.41) is 0. The number of rotatable bonds is 21. The average molecular weight is 389 g/mol. The van der Waals surface area contributed by atoms with Crippen molar-refractivity contribution < 1.29 is 9.53 Å². The molecule has 2 nitrogen and oxygen atoms in total. The summed E-state index contributed by atoms with van der Waals surface area (Å²) in [6.45, 7) is 2.85. The van der Waals surface area contributed by atoms with Crippen LogP contribution in [-0.4, -0.2) is 18.5 Å². The van der Waals surface area contributed by atoms with Crippen molar-refractivity contribution in [2.75, 3.05) is 12.5 Å². The zero-order chi connectivity index (χ0) is 19.1.